The number of amidine groups is 1. The van der Waals surface area contributed by atoms with E-state index >= 15 is 0 Å². The zero-order chi connectivity index (χ0) is 21.4. The fourth-order valence-corrected chi connectivity index (χ4v) is 2.80. The summed E-state index contributed by atoms with van der Waals surface area (Å²) >= 11 is 13.2. The lowest BCUT2D eigenvalue weighted by atomic mass is 10.2. The summed E-state index contributed by atoms with van der Waals surface area (Å²) in [5.41, 5.74) is 1.23. The number of rotatable bonds is 6. The predicted molar refractivity (Wildman–Crippen MR) is 114 cm³/mol. The van der Waals surface area contributed by atoms with Crippen LogP contribution in [0.4, 0.5) is 11.4 Å². The van der Waals surface area contributed by atoms with Crippen molar-refractivity contribution in [3.05, 3.63) is 77.8 Å². The molecule has 0 saturated heterocycles. The number of hydrogen-bond donors (Lipinski definition) is 1. The normalized spacial score (nSPS) is 12.0. The summed E-state index contributed by atoms with van der Waals surface area (Å²) in [6, 6.07) is 8.57. The summed E-state index contributed by atoms with van der Waals surface area (Å²) < 4.78 is 0. The van der Waals surface area contributed by atoms with Crippen LogP contribution >= 0.6 is 35.0 Å². The molecule has 0 radical (unpaired) electrons. The number of nitro benzene ring substituents is 2. The van der Waals surface area contributed by atoms with E-state index in [0.717, 1.165) is 0 Å². The van der Waals surface area contributed by atoms with Crippen LogP contribution in [0, 0.1) is 20.2 Å². The van der Waals surface area contributed by atoms with Crippen molar-refractivity contribution >= 4 is 63.9 Å². The molecule has 0 spiro atoms. The SMILES string of the molecule is CSC(=NN=Cc1c(Cl)cccc1[N+](=O)[O-])[NH2+]N=Cc1c(Cl)cccc1[N+](=O)[O-]. The van der Waals surface area contributed by atoms with Gasteiger partial charge >= 0.3 is 5.17 Å². The number of hydrogen-bond acceptors (Lipinski definition) is 8. The highest BCUT2D eigenvalue weighted by molar-refractivity contribution is 8.12. The van der Waals surface area contributed by atoms with Crippen molar-refractivity contribution in [3.63, 3.8) is 0 Å². The highest BCUT2D eigenvalue weighted by Gasteiger charge is 2.16. The molecule has 2 aromatic carbocycles. The lowest BCUT2D eigenvalue weighted by Gasteiger charge is -1.99. The second-order valence-electron chi connectivity index (χ2n) is 5.15. The van der Waals surface area contributed by atoms with Gasteiger partial charge in [-0.2, -0.15) is 10.5 Å². The maximum atomic E-state index is 11.1. The molecule has 0 amide bonds. The molecule has 2 aromatic rings. The first-order valence-electron chi connectivity index (χ1n) is 7.72. The van der Waals surface area contributed by atoms with Crippen molar-refractivity contribution in [1.82, 2.24) is 0 Å². The van der Waals surface area contributed by atoms with Crippen molar-refractivity contribution in [2.24, 2.45) is 15.3 Å². The molecule has 0 fully saturated rings. The molecule has 0 aromatic heterocycles. The van der Waals surface area contributed by atoms with Crippen LogP contribution in [-0.2, 0) is 0 Å². The standard InChI is InChI=1S/C16H12Cl2N6O4S/c1-29-16(21-19-8-10-12(17)4-2-6-14(10)23(25)26)22-20-9-11-13(18)5-3-7-15(11)24(27)28/h2-9H,1H3,(H,21,22)/p+1. The molecule has 0 aliphatic heterocycles. The van der Waals surface area contributed by atoms with Gasteiger partial charge in [0.15, 0.2) is 0 Å². The number of nitrogens with two attached hydrogens (primary N) is 1. The monoisotopic (exact) mass is 455 g/mol. The van der Waals surface area contributed by atoms with Gasteiger partial charge in [-0.3, -0.25) is 20.2 Å². The van der Waals surface area contributed by atoms with Gasteiger partial charge in [0.05, 0.1) is 43.4 Å². The van der Waals surface area contributed by atoms with Gasteiger partial charge in [-0.15, -0.1) is 0 Å². The summed E-state index contributed by atoms with van der Waals surface area (Å²) in [7, 11) is 0. The average Bonchev–Trinajstić information content (AvgIpc) is 2.68. The summed E-state index contributed by atoms with van der Waals surface area (Å²) in [6.07, 6.45) is 4.14. The number of benzene rings is 2. The van der Waals surface area contributed by atoms with Crippen LogP contribution in [0.2, 0.25) is 10.0 Å². The first-order valence-corrected chi connectivity index (χ1v) is 9.70. The van der Waals surface area contributed by atoms with Crippen LogP contribution in [-0.4, -0.2) is 33.7 Å². The second kappa shape index (κ2) is 10.6. The molecular formula is C16H13Cl2N6O4S+. The quantitative estimate of drug-likeness (QED) is 0.233. The van der Waals surface area contributed by atoms with E-state index in [-0.39, 0.29) is 32.5 Å². The Morgan fingerprint density at radius 3 is 2.00 bits per heavy atom. The van der Waals surface area contributed by atoms with Crippen molar-refractivity contribution in [2.75, 3.05) is 6.26 Å². The number of nitrogens with zero attached hydrogens (tertiary/aromatic N) is 5. The Hall–Kier alpha value is -2.86. The lowest BCUT2D eigenvalue weighted by molar-refractivity contribution is -0.539. The lowest BCUT2D eigenvalue weighted by Crippen LogP contribution is -2.81. The fraction of sp³-hybridized carbons (Fsp3) is 0.0625. The molecule has 2 rings (SSSR count). The summed E-state index contributed by atoms with van der Waals surface area (Å²) in [5.74, 6) is 0. The van der Waals surface area contributed by atoms with Gasteiger partial charge in [0.2, 0.25) is 0 Å². The molecule has 29 heavy (non-hydrogen) atoms. The summed E-state index contributed by atoms with van der Waals surface area (Å²) in [4.78, 5) is 21.0. The molecule has 2 N–H and O–H groups in total. The van der Waals surface area contributed by atoms with E-state index in [2.05, 4.69) is 15.3 Å². The maximum absolute atomic E-state index is 11.1. The molecule has 150 valence electrons. The summed E-state index contributed by atoms with van der Waals surface area (Å²) in [6.45, 7) is 0. The molecule has 0 unspecified atom stereocenters. The first-order chi connectivity index (χ1) is 13.8. The third-order valence-corrected chi connectivity index (χ3v) is 4.66. The minimum atomic E-state index is -0.570. The van der Waals surface area contributed by atoms with Crippen LogP contribution in [0.15, 0.2) is 51.7 Å². The van der Waals surface area contributed by atoms with Crippen LogP contribution < -0.4 is 5.43 Å². The van der Waals surface area contributed by atoms with Gasteiger partial charge in [-0.25, -0.2) is 0 Å². The van der Waals surface area contributed by atoms with Gasteiger partial charge in [0.1, 0.15) is 0 Å². The van der Waals surface area contributed by atoms with E-state index < -0.39 is 9.85 Å². The molecule has 0 bridgehead atoms. The van der Waals surface area contributed by atoms with Crippen LogP contribution in [0.3, 0.4) is 0 Å². The number of nitro groups is 2. The largest absolute Gasteiger partial charge is 0.305 e. The first kappa shape index (κ1) is 22.4. The molecule has 0 aliphatic rings. The van der Waals surface area contributed by atoms with Crippen LogP contribution in [0.5, 0.6) is 0 Å². The highest BCUT2D eigenvalue weighted by Crippen LogP contribution is 2.25. The Kier molecular flexibility index (Phi) is 8.21. The molecule has 0 aliphatic carbocycles. The smallest absolute Gasteiger partial charge is 0.258 e. The molecule has 0 heterocycles. The minimum Gasteiger partial charge on any atom is -0.258 e. The molecular weight excluding hydrogens is 443 g/mol. The Bertz CT molecular complexity index is 1030. The number of thioether (sulfide) groups is 1. The molecule has 0 saturated carbocycles. The van der Waals surface area contributed by atoms with E-state index in [0.29, 0.717) is 5.17 Å². The van der Waals surface area contributed by atoms with Crippen LogP contribution in [0.1, 0.15) is 11.1 Å². The zero-order valence-electron chi connectivity index (χ0n) is 14.7. The highest BCUT2D eigenvalue weighted by atomic mass is 35.5. The van der Waals surface area contributed by atoms with Gasteiger partial charge < -0.3 is 0 Å². The zero-order valence-corrected chi connectivity index (χ0v) is 17.1. The van der Waals surface area contributed by atoms with Gasteiger partial charge in [-0.05, 0) is 30.2 Å². The maximum Gasteiger partial charge on any atom is 0.305 e. The van der Waals surface area contributed by atoms with E-state index in [1.54, 1.807) is 6.26 Å². The Labute approximate surface area is 178 Å². The van der Waals surface area contributed by atoms with E-state index in [1.165, 1.54) is 66.0 Å². The molecule has 13 heteroatoms. The second-order valence-corrected chi connectivity index (χ2v) is 6.79. The van der Waals surface area contributed by atoms with Crippen molar-refractivity contribution in [2.45, 2.75) is 0 Å². The number of quaternary nitrogens is 1. The average molecular weight is 456 g/mol. The number of halogens is 2. The third kappa shape index (κ3) is 6.06. The van der Waals surface area contributed by atoms with Gasteiger partial charge in [0.25, 0.3) is 11.4 Å². The summed E-state index contributed by atoms with van der Waals surface area (Å²) in [5, 5.41) is 34.6. The van der Waals surface area contributed by atoms with Crippen LogP contribution in [0.25, 0.3) is 0 Å². The Morgan fingerprint density at radius 2 is 1.52 bits per heavy atom. The minimum absolute atomic E-state index is 0.124. The van der Waals surface area contributed by atoms with Crippen molar-refractivity contribution in [3.8, 4) is 0 Å². The van der Waals surface area contributed by atoms with Gasteiger partial charge in [-0.1, -0.05) is 45.5 Å². The third-order valence-electron chi connectivity index (χ3n) is 3.39. The van der Waals surface area contributed by atoms with Crippen molar-refractivity contribution < 1.29 is 15.3 Å². The Morgan fingerprint density at radius 1 is 1.00 bits per heavy atom. The van der Waals surface area contributed by atoms with Gasteiger partial charge in [0, 0.05) is 12.1 Å². The van der Waals surface area contributed by atoms with E-state index in [4.69, 9.17) is 23.2 Å². The molecule has 0 atom stereocenters. The molecule has 10 nitrogen and oxygen atoms in total. The Balaban J connectivity index is 2.19. The predicted octanol–water partition coefficient (Wildman–Crippen LogP) is 3.46. The van der Waals surface area contributed by atoms with E-state index in [9.17, 15) is 20.2 Å². The topological polar surface area (TPSA) is 140 Å². The van der Waals surface area contributed by atoms with E-state index in [1.807, 2.05) is 0 Å². The van der Waals surface area contributed by atoms with Crippen molar-refractivity contribution in [1.29, 1.82) is 0 Å². The fourth-order valence-electron chi connectivity index (χ4n) is 2.06.